The minimum atomic E-state index is -4.51. The van der Waals surface area contributed by atoms with Crippen LogP contribution in [-0.2, 0) is 16.1 Å². The standard InChI is InChI=1S/C20H26F3N3O2/c1-18(2,14-28-13-15-8-4-3-5-9-15)17(27)26-11-7-6-10-16(26)12-19(24-25-19)20(21,22)23/h3-5,8-9,16H,6-7,10-14H2,1-2H3. The Kier molecular flexibility index (Phi) is 5.79. The Bertz CT molecular complexity index is 713. The predicted molar refractivity (Wildman–Crippen MR) is 97.5 cm³/mol. The fraction of sp³-hybridized carbons (Fsp3) is 0.650. The van der Waals surface area contributed by atoms with Crippen LogP contribution in [0, 0.1) is 5.41 Å². The number of hydrogen-bond donors (Lipinski definition) is 0. The van der Waals surface area contributed by atoms with E-state index in [4.69, 9.17) is 4.74 Å². The number of ether oxygens (including phenoxy) is 1. The fourth-order valence-corrected chi connectivity index (χ4v) is 3.63. The van der Waals surface area contributed by atoms with Crippen LogP contribution in [0.1, 0.15) is 45.1 Å². The Hall–Kier alpha value is -1.96. The number of alkyl halides is 3. The van der Waals surface area contributed by atoms with Gasteiger partial charge in [0.1, 0.15) is 0 Å². The Morgan fingerprint density at radius 2 is 1.89 bits per heavy atom. The normalized spacial score (nSPS) is 21.6. The maximum absolute atomic E-state index is 13.2. The smallest absolute Gasteiger partial charge is 0.376 e. The Morgan fingerprint density at radius 3 is 2.50 bits per heavy atom. The quantitative estimate of drug-likeness (QED) is 0.668. The molecule has 1 aromatic rings. The minimum Gasteiger partial charge on any atom is -0.376 e. The highest BCUT2D eigenvalue weighted by molar-refractivity contribution is 5.82. The third-order valence-electron chi connectivity index (χ3n) is 5.36. The second-order valence-electron chi connectivity index (χ2n) is 8.23. The average molecular weight is 397 g/mol. The molecule has 1 fully saturated rings. The van der Waals surface area contributed by atoms with E-state index in [9.17, 15) is 18.0 Å². The Balaban J connectivity index is 1.61. The van der Waals surface area contributed by atoms with E-state index in [1.165, 1.54) is 0 Å². The lowest BCUT2D eigenvalue weighted by molar-refractivity contribution is -0.172. The number of amides is 1. The molecule has 154 valence electrons. The van der Waals surface area contributed by atoms with Crippen molar-refractivity contribution in [3.05, 3.63) is 35.9 Å². The van der Waals surface area contributed by atoms with Gasteiger partial charge in [-0.2, -0.15) is 13.2 Å². The van der Waals surface area contributed by atoms with Crippen molar-refractivity contribution in [2.75, 3.05) is 13.2 Å². The largest absolute Gasteiger partial charge is 0.437 e. The molecule has 0 N–H and O–H groups in total. The monoisotopic (exact) mass is 397 g/mol. The van der Waals surface area contributed by atoms with E-state index in [0.29, 0.717) is 19.6 Å². The van der Waals surface area contributed by atoms with Crippen LogP contribution in [0.3, 0.4) is 0 Å². The highest BCUT2D eigenvalue weighted by Gasteiger charge is 2.65. The van der Waals surface area contributed by atoms with Crippen molar-refractivity contribution in [1.29, 1.82) is 0 Å². The van der Waals surface area contributed by atoms with Crippen molar-refractivity contribution in [3.63, 3.8) is 0 Å². The first-order valence-electron chi connectivity index (χ1n) is 9.58. The molecule has 2 heterocycles. The summed E-state index contributed by atoms with van der Waals surface area (Å²) < 4.78 is 45.4. The number of hydrogen-bond acceptors (Lipinski definition) is 4. The highest BCUT2D eigenvalue weighted by atomic mass is 19.4. The van der Waals surface area contributed by atoms with E-state index in [1.54, 1.807) is 18.7 Å². The van der Waals surface area contributed by atoms with E-state index in [0.717, 1.165) is 18.4 Å². The molecule has 8 heteroatoms. The van der Waals surface area contributed by atoms with Gasteiger partial charge in [-0.1, -0.05) is 30.3 Å². The van der Waals surface area contributed by atoms with Crippen LogP contribution in [0.5, 0.6) is 0 Å². The summed E-state index contributed by atoms with van der Waals surface area (Å²) in [6, 6.07) is 9.12. The number of carbonyl (C=O) groups excluding carboxylic acids is 1. The summed E-state index contributed by atoms with van der Waals surface area (Å²) in [4.78, 5) is 14.7. The van der Waals surface area contributed by atoms with Gasteiger partial charge in [0, 0.05) is 19.0 Å². The number of piperidine rings is 1. The van der Waals surface area contributed by atoms with E-state index >= 15 is 0 Å². The van der Waals surface area contributed by atoms with Gasteiger partial charge >= 0.3 is 6.18 Å². The first-order valence-corrected chi connectivity index (χ1v) is 9.58. The van der Waals surface area contributed by atoms with Crippen molar-refractivity contribution in [2.24, 2.45) is 15.6 Å². The second kappa shape index (κ2) is 7.81. The molecule has 0 aromatic heterocycles. The van der Waals surface area contributed by atoms with Gasteiger partial charge in [-0.3, -0.25) is 4.79 Å². The second-order valence-corrected chi connectivity index (χ2v) is 8.23. The molecule has 1 atom stereocenters. The third kappa shape index (κ3) is 4.54. The first kappa shape index (κ1) is 20.8. The maximum atomic E-state index is 13.2. The molecule has 2 aliphatic heterocycles. The van der Waals surface area contributed by atoms with Crippen LogP contribution in [0.2, 0.25) is 0 Å². The minimum absolute atomic E-state index is 0.178. The SMILES string of the molecule is CC(C)(COCc1ccccc1)C(=O)N1CCCCC1CC1(C(F)(F)F)N=N1. The summed E-state index contributed by atoms with van der Waals surface area (Å²) in [6.07, 6.45) is -2.67. The number of nitrogens with zero attached hydrogens (tertiary/aromatic N) is 3. The van der Waals surface area contributed by atoms with Gasteiger partial charge < -0.3 is 9.64 Å². The highest BCUT2D eigenvalue weighted by Crippen LogP contribution is 2.49. The van der Waals surface area contributed by atoms with Gasteiger partial charge in [-0.05, 0) is 38.7 Å². The summed E-state index contributed by atoms with van der Waals surface area (Å²) >= 11 is 0. The van der Waals surface area contributed by atoms with Crippen LogP contribution in [0.15, 0.2) is 40.6 Å². The molecular formula is C20H26F3N3O2. The summed E-state index contributed by atoms with van der Waals surface area (Å²) in [6.45, 7) is 4.59. The van der Waals surface area contributed by atoms with E-state index in [1.807, 2.05) is 30.3 Å². The predicted octanol–water partition coefficient (Wildman–Crippen LogP) is 4.73. The molecular weight excluding hydrogens is 371 g/mol. The number of carbonyl (C=O) groups is 1. The molecule has 2 aliphatic rings. The lowest BCUT2D eigenvalue weighted by Crippen LogP contribution is -2.53. The summed E-state index contributed by atoms with van der Waals surface area (Å²) in [5, 5.41) is 6.55. The fourth-order valence-electron chi connectivity index (χ4n) is 3.63. The zero-order chi connectivity index (χ0) is 20.4. The molecule has 0 radical (unpaired) electrons. The Labute approximate surface area is 163 Å². The van der Waals surface area contributed by atoms with E-state index in [2.05, 4.69) is 10.2 Å². The van der Waals surface area contributed by atoms with Crippen molar-refractivity contribution < 1.29 is 22.7 Å². The molecule has 0 spiro atoms. The van der Waals surface area contributed by atoms with E-state index in [-0.39, 0.29) is 18.9 Å². The van der Waals surface area contributed by atoms with Gasteiger partial charge in [0.2, 0.25) is 5.91 Å². The van der Waals surface area contributed by atoms with Crippen molar-refractivity contribution >= 4 is 5.91 Å². The molecule has 28 heavy (non-hydrogen) atoms. The lowest BCUT2D eigenvalue weighted by Gasteiger charge is -2.41. The Morgan fingerprint density at radius 1 is 1.21 bits per heavy atom. The van der Waals surface area contributed by atoms with Crippen molar-refractivity contribution in [3.8, 4) is 0 Å². The van der Waals surface area contributed by atoms with E-state index < -0.39 is 23.3 Å². The van der Waals surface area contributed by atoms with Gasteiger partial charge in [-0.25, -0.2) is 0 Å². The lowest BCUT2D eigenvalue weighted by atomic mass is 9.87. The topological polar surface area (TPSA) is 54.3 Å². The molecule has 1 amide bonds. The van der Waals surface area contributed by atoms with Crippen molar-refractivity contribution in [1.82, 2.24) is 4.90 Å². The zero-order valence-electron chi connectivity index (χ0n) is 16.2. The number of rotatable bonds is 7. The van der Waals surface area contributed by atoms with Crippen LogP contribution < -0.4 is 0 Å². The van der Waals surface area contributed by atoms with Crippen LogP contribution in [-0.4, -0.2) is 41.8 Å². The summed E-state index contributed by atoms with van der Waals surface area (Å²) in [5.74, 6) is -0.178. The average Bonchev–Trinajstić information content (AvgIpc) is 3.43. The molecule has 1 saturated heterocycles. The van der Waals surface area contributed by atoms with Gasteiger partial charge in [0.05, 0.1) is 18.6 Å². The molecule has 0 aliphatic carbocycles. The number of likely N-dealkylation sites (tertiary alicyclic amines) is 1. The van der Waals surface area contributed by atoms with Crippen LogP contribution in [0.25, 0.3) is 0 Å². The zero-order valence-corrected chi connectivity index (χ0v) is 16.2. The van der Waals surface area contributed by atoms with Gasteiger partial charge in [-0.15, -0.1) is 10.2 Å². The molecule has 0 saturated carbocycles. The molecule has 1 unspecified atom stereocenters. The first-order chi connectivity index (χ1) is 13.1. The summed E-state index contributed by atoms with van der Waals surface area (Å²) in [5.41, 5.74) is -2.14. The summed E-state index contributed by atoms with van der Waals surface area (Å²) in [7, 11) is 0. The van der Waals surface area contributed by atoms with Crippen LogP contribution in [0.4, 0.5) is 13.2 Å². The molecule has 3 rings (SSSR count). The maximum Gasteiger partial charge on any atom is 0.437 e. The molecule has 1 aromatic carbocycles. The molecule has 5 nitrogen and oxygen atoms in total. The molecule has 0 bridgehead atoms. The number of benzene rings is 1. The van der Waals surface area contributed by atoms with Gasteiger partial charge in [0.25, 0.3) is 5.66 Å². The number of halogens is 3. The van der Waals surface area contributed by atoms with Gasteiger partial charge in [0.15, 0.2) is 0 Å². The van der Waals surface area contributed by atoms with Crippen molar-refractivity contribution in [2.45, 2.75) is 64.0 Å². The van der Waals surface area contributed by atoms with Crippen LogP contribution >= 0.6 is 0 Å². The third-order valence-corrected chi connectivity index (χ3v) is 5.36.